The van der Waals surface area contributed by atoms with Crippen LogP contribution in [0.4, 0.5) is 0 Å². The lowest BCUT2D eigenvalue weighted by molar-refractivity contribution is 0.731. The molecule has 2 nitrogen and oxygen atoms in total. The lowest BCUT2D eigenvalue weighted by Gasteiger charge is -2.18. The molecule has 0 fully saturated rings. The minimum Gasteiger partial charge on any atom is -0.361 e. The van der Waals surface area contributed by atoms with Gasteiger partial charge < -0.3 is 10.7 Å². The van der Waals surface area contributed by atoms with E-state index in [0.717, 1.165) is 6.42 Å². The Hall–Kier alpha value is -2.06. The zero-order valence-corrected chi connectivity index (χ0v) is 10.8. The number of nitrogens with two attached hydrogens (primary N) is 1. The van der Waals surface area contributed by atoms with Gasteiger partial charge in [-0.3, -0.25) is 0 Å². The fraction of sp³-hybridized carbons (Fsp3) is 0.176. The van der Waals surface area contributed by atoms with Gasteiger partial charge in [0.1, 0.15) is 0 Å². The molecule has 2 heteroatoms. The van der Waals surface area contributed by atoms with Gasteiger partial charge in [0.25, 0.3) is 0 Å². The fourth-order valence-electron chi connectivity index (χ4n) is 2.77. The summed E-state index contributed by atoms with van der Waals surface area (Å²) in [5.74, 6) is 0.366. The molecule has 3 aromatic rings. The summed E-state index contributed by atoms with van der Waals surface area (Å²) in [5.41, 5.74) is 9.70. The molecule has 0 aliphatic rings. The molecule has 0 saturated heterocycles. The van der Waals surface area contributed by atoms with E-state index >= 15 is 0 Å². The molecule has 2 aromatic carbocycles. The van der Waals surface area contributed by atoms with Crippen LogP contribution >= 0.6 is 0 Å². The Labute approximate surface area is 113 Å². The molecule has 0 amide bonds. The lowest BCUT2D eigenvalue weighted by Crippen LogP contribution is -2.09. The van der Waals surface area contributed by atoms with Gasteiger partial charge in [-0.25, -0.2) is 0 Å². The summed E-state index contributed by atoms with van der Waals surface area (Å²) in [4.78, 5) is 3.28. The van der Waals surface area contributed by atoms with E-state index in [1.807, 2.05) is 6.20 Å². The van der Waals surface area contributed by atoms with Crippen LogP contribution in [0.25, 0.3) is 10.9 Å². The van der Waals surface area contributed by atoms with Gasteiger partial charge in [-0.15, -0.1) is 0 Å². The molecular formula is C17H18N2. The Bertz CT molecular complexity index is 655. The zero-order valence-electron chi connectivity index (χ0n) is 10.8. The Morgan fingerprint density at radius 2 is 1.79 bits per heavy atom. The van der Waals surface area contributed by atoms with Crippen molar-refractivity contribution >= 4 is 10.9 Å². The van der Waals surface area contributed by atoms with Crippen LogP contribution in [0, 0.1) is 0 Å². The molecule has 19 heavy (non-hydrogen) atoms. The van der Waals surface area contributed by atoms with Crippen molar-refractivity contribution in [2.75, 3.05) is 6.54 Å². The van der Waals surface area contributed by atoms with Gasteiger partial charge in [0, 0.05) is 23.0 Å². The highest BCUT2D eigenvalue weighted by Gasteiger charge is 2.15. The van der Waals surface area contributed by atoms with E-state index in [2.05, 4.69) is 59.6 Å². The average molecular weight is 250 g/mol. The smallest absolute Gasteiger partial charge is 0.0456 e. The van der Waals surface area contributed by atoms with E-state index < -0.39 is 0 Å². The van der Waals surface area contributed by atoms with E-state index in [9.17, 15) is 0 Å². The number of aromatic nitrogens is 1. The molecule has 0 saturated carbocycles. The first-order valence-electron chi connectivity index (χ1n) is 6.71. The summed E-state index contributed by atoms with van der Waals surface area (Å²) in [6.45, 7) is 0.695. The third-order valence-electron chi connectivity index (χ3n) is 3.66. The van der Waals surface area contributed by atoms with E-state index in [1.54, 1.807) is 0 Å². The molecule has 1 atom stereocenters. The summed E-state index contributed by atoms with van der Waals surface area (Å²) in [6, 6.07) is 19.2. The van der Waals surface area contributed by atoms with Crippen LogP contribution in [-0.2, 0) is 0 Å². The minimum atomic E-state index is 0.366. The second-order valence-corrected chi connectivity index (χ2v) is 4.83. The predicted molar refractivity (Wildman–Crippen MR) is 80.3 cm³/mol. The van der Waals surface area contributed by atoms with E-state index in [1.165, 1.54) is 22.0 Å². The Balaban J connectivity index is 2.12. The lowest BCUT2D eigenvalue weighted by atomic mass is 9.87. The highest BCUT2D eigenvalue weighted by Crippen LogP contribution is 2.32. The zero-order chi connectivity index (χ0) is 13.1. The molecule has 1 aromatic heterocycles. The highest BCUT2D eigenvalue weighted by atomic mass is 14.7. The van der Waals surface area contributed by atoms with Crippen molar-refractivity contribution in [3.05, 3.63) is 71.9 Å². The number of hydrogen-bond donors (Lipinski definition) is 2. The van der Waals surface area contributed by atoms with Gasteiger partial charge in [-0.05, 0) is 36.2 Å². The van der Waals surface area contributed by atoms with E-state index in [0.29, 0.717) is 12.5 Å². The first-order valence-corrected chi connectivity index (χ1v) is 6.71. The second kappa shape index (κ2) is 5.29. The SMILES string of the molecule is NCC[C@@H](c1ccccc1)c1cccc2[nH]ccc12. The number of benzene rings is 2. The van der Waals surface area contributed by atoms with Gasteiger partial charge in [-0.1, -0.05) is 42.5 Å². The van der Waals surface area contributed by atoms with E-state index in [-0.39, 0.29) is 0 Å². The number of nitrogens with one attached hydrogen (secondary N) is 1. The maximum absolute atomic E-state index is 5.82. The first-order chi connectivity index (χ1) is 9.40. The first kappa shape index (κ1) is 12.0. The maximum atomic E-state index is 5.82. The summed E-state index contributed by atoms with van der Waals surface area (Å²) in [7, 11) is 0. The van der Waals surface area contributed by atoms with Crippen LogP contribution in [0.3, 0.4) is 0 Å². The van der Waals surface area contributed by atoms with Crippen molar-refractivity contribution in [2.45, 2.75) is 12.3 Å². The van der Waals surface area contributed by atoms with Crippen molar-refractivity contribution in [2.24, 2.45) is 5.73 Å². The third kappa shape index (κ3) is 2.27. The normalized spacial score (nSPS) is 12.7. The number of H-pyrrole nitrogens is 1. The molecule has 0 aliphatic carbocycles. The highest BCUT2D eigenvalue weighted by molar-refractivity contribution is 5.83. The Morgan fingerprint density at radius 1 is 0.947 bits per heavy atom. The fourth-order valence-corrected chi connectivity index (χ4v) is 2.77. The molecule has 0 unspecified atom stereocenters. The Morgan fingerprint density at radius 3 is 2.58 bits per heavy atom. The molecule has 3 rings (SSSR count). The predicted octanol–water partition coefficient (Wildman–Crippen LogP) is 3.65. The summed E-state index contributed by atoms with van der Waals surface area (Å²) >= 11 is 0. The van der Waals surface area contributed by atoms with Gasteiger partial charge >= 0.3 is 0 Å². The van der Waals surface area contributed by atoms with Gasteiger partial charge in [0.15, 0.2) is 0 Å². The Kier molecular flexibility index (Phi) is 3.34. The van der Waals surface area contributed by atoms with Crippen molar-refractivity contribution < 1.29 is 0 Å². The van der Waals surface area contributed by atoms with Crippen molar-refractivity contribution in [3.8, 4) is 0 Å². The molecule has 0 bridgehead atoms. The van der Waals surface area contributed by atoms with Crippen LogP contribution < -0.4 is 5.73 Å². The number of fused-ring (bicyclic) bond motifs is 1. The monoisotopic (exact) mass is 250 g/mol. The van der Waals surface area contributed by atoms with Crippen LogP contribution in [0.5, 0.6) is 0 Å². The van der Waals surface area contributed by atoms with Crippen molar-refractivity contribution in [1.82, 2.24) is 4.98 Å². The number of aromatic amines is 1. The third-order valence-corrected chi connectivity index (χ3v) is 3.66. The number of rotatable bonds is 4. The van der Waals surface area contributed by atoms with Gasteiger partial charge in [-0.2, -0.15) is 0 Å². The molecular weight excluding hydrogens is 232 g/mol. The molecule has 0 spiro atoms. The van der Waals surface area contributed by atoms with Crippen molar-refractivity contribution in [3.63, 3.8) is 0 Å². The second-order valence-electron chi connectivity index (χ2n) is 4.83. The molecule has 1 heterocycles. The van der Waals surface area contributed by atoms with Crippen LogP contribution in [0.2, 0.25) is 0 Å². The van der Waals surface area contributed by atoms with Gasteiger partial charge in [0.05, 0.1) is 0 Å². The van der Waals surface area contributed by atoms with Crippen LogP contribution in [-0.4, -0.2) is 11.5 Å². The van der Waals surface area contributed by atoms with E-state index in [4.69, 9.17) is 5.73 Å². The summed E-state index contributed by atoms with van der Waals surface area (Å²) < 4.78 is 0. The number of hydrogen-bond acceptors (Lipinski definition) is 1. The van der Waals surface area contributed by atoms with Crippen molar-refractivity contribution in [1.29, 1.82) is 0 Å². The average Bonchev–Trinajstić information content (AvgIpc) is 2.94. The summed E-state index contributed by atoms with van der Waals surface area (Å²) in [5, 5.41) is 1.30. The van der Waals surface area contributed by atoms with Crippen LogP contribution in [0.15, 0.2) is 60.8 Å². The summed E-state index contributed by atoms with van der Waals surface area (Å²) in [6.07, 6.45) is 2.97. The molecule has 96 valence electrons. The standard InChI is InChI=1S/C17H18N2/c18-11-9-14(13-5-2-1-3-6-13)15-7-4-8-17-16(15)10-12-19-17/h1-8,10,12,14,19H,9,11,18H2/t14-/m0/s1. The minimum absolute atomic E-state index is 0.366. The quantitative estimate of drug-likeness (QED) is 0.729. The maximum Gasteiger partial charge on any atom is 0.0456 e. The molecule has 0 aliphatic heterocycles. The van der Waals surface area contributed by atoms with Crippen LogP contribution in [0.1, 0.15) is 23.5 Å². The van der Waals surface area contributed by atoms with Gasteiger partial charge in [0.2, 0.25) is 0 Å². The topological polar surface area (TPSA) is 41.8 Å². The molecule has 0 radical (unpaired) electrons. The molecule has 3 N–H and O–H groups in total. The largest absolute Gasteiger partial charge is 0.361 e.